The van der Waals surface area contributed by atoms with Crippen molar-refractivity contribution in [1.29, 1.82) is 0 Å². The maximum Gasteiger partial charge on any atom is 0.303 e. The van der Waals surface area contributed by atoms with Gasteiger partial charge in [0.15, 0.2) is 24.8 Å². The number of hydrogen-bond acceptors (Lipinski definition) is 13. The second kappa shape index (κ2) is 21.3. The van der Waals surface area contributed by atoms with Crippen molar-refractivity contribution < 1.29 is 62.4 Å². The molecule has 4 aromatic rings. The first-order valence-electron chi connectivity index (χ1n) is 19.0. The smallest absolute Gasteiger partial charge is 0.303 e. The zero-order chi connectivity index (χ0) is 40.0. The van der Waals surface area contributed by atoms with E-state index >= 15 is 0 Å². The van der Waals surface area contributed by atoms with E-state index in [1.165, 1.54) is 6.92 Å². The topological polar surface area (TPSA) is 158 Å². The highest BCUT2D eigenvalue weighted by atomic mass is 16.7. The van der Waals surface area contributed by atoms with Crippen molar-refractivity contribution in [3.63, 3.8) is 0 Å². The molecule has 13 heteroatoms. The number of benzene rings is 4. The van der Waals surface area contributed by atoms with E-state index in [1.54, 1.807) is 0 Å². The number of aliphatic hydroxyl groups excluding tert-OH is 2. The Hall–Kier alpha value is -4.54. The van der Waals surface area contributed by atoms with Crippen molar-refractivity contribution >= 4 is 11.9 Å². The van der Waals surface area contributed by atoms with Gasteiger partial charge < -0.3 is 52.8 Å². The van der Waals surface area contributed by atoms with Crippen molar-refractivity contribution in [2.75, 3.05) is 13.2 Å². The highest BCUT2D eigenvalue weighted by molar-refractivity contribution is 5.67. The van der Waals surface area contributed by atoms with Crippen LogP contribution < -0.4 is 0 Å². The highest BCUT2D eigenvalue weighted by Crippen LogP contribution is 2.33. The number of ether oxygens (including phenoxy) is 9. The third-order valence-corrected chi connectivity index (χ3v) is 9.50. The summed E-state index contributed by atoms with van der Waals surface area (Å²) in [5.74, 6) is -1.48. The molecule has 0 aliphatic carbocycles. The third-order valence-electron chi connectivity index (χ3n) is 9.50. The van der Waals surface area contributed by atoms with Crippen molar-refractivity contribution in [3.8, 4) is 0 Å². The summed E-state index contributed by atoms with van der Waals surface area (Å²) < 4.78 is 56.0. The number of hydrogen-bond donors (Lipinski definition) is 2. The van der Waals surface area contributed by atoms with Gasteiger partial charge in [0, 0.05) is 13.8 Å². The first kappa shape index (κ1) is 42.1. The van der Waals surface area contributed by atoms with Gasteiger partial charge in [-0.3, -0.25) is 9.59 Å². The molecule has 2 saturated heterocycles. The lowest BCUT2D eigenvalue weighted by atomic mass is 9.97. The quantitative estimate of drug-likeness (QED) is 0.135. The van der Waals surface area contributed by atoms with Crippen LogP contribution in [0.25, 0.3) is 0 Å². The molecular formula is C44H50O13. The predicted molar refractivity (Wildman–Crippen MR) is 204 cm³/mol. The molecule has 6 rings (SSSR count). The van der Waals surface area contributed by atoms with E-state index in [4.69, 9.17) is 42.6 Å². The zero-order valence-corrected chi connectivity index (χ0v) is 31.9. The molecule has 2 aliphatic heterocycles. The van der Waals surface area contributed by atoms with Crippen LogP contribution in [0.5, 0.6) is 0 Å². The molecule has 57 heavy (non-hydrogen) atoms. The SMILES string of the molecule is CC(=O)O[C@@H]1[C@@H](O)[C@@H](O)O[C@H](CO[C@H]2O[C@H](COCc3ccccc3)[C@@H](OCc3ccccc3)[C@H](OCc3ccccc3)[C@H]2OCc2ccccc2)[C@@H]1OC(C)=O. The lowest BCUT2D eigenvalue weighted by molar-refractivity contribution is -0.343. The molecule has 10 atom stereocenters. The molecule has 2 fully saturated rings. The van der Waals surface area contributed by atoms with Gasteiger partial charge in [0.1, 0.15) is 36.6 Å². The van der Waals surface area contributed by atoms with Gasteiger partial charge in [-0.1, -0.05) is 121 Å². The predicted octanol–water partition coefficient (Wildman–Crippen LogP) is 4.64. The van der Waals surface area contributed by atoms with Gasteiger partial charge in [-0.2, -0.15) is 0 Å². The molecule has 2 aliphatic rings. The van der Waals surface area contributed by atoms with Gasteiger partial charge in [0.2, 0.25) is 0 Å². The van der Waals surface area contributed by atoms with Crippen LogP contribution in [0.15, 0.2) is 121 Å². The Bertz CT molecular complexity index is 1780. The fourth-order valence-electron chi connectivity index (χ4n) is 6.77. The minimum absolute atomic E-state index is 0.0836. The molecule has 0 spiro atoms. The van der Waals surface area contributed by atoms with Crippen molar-refractivity contribution in [2.24, 2.45) is 0 Å². The van der Waals surface area contributed by atoms with Crippen molar-refractivity contribution in [3.05, 3.63) is 144 Å². The number of rotatable bonds is 18. The fourth-order valence-corrected chi connectivity index (χ4v) is 6.77. The van der Waals surface area contributed by atoms with Gasteiger partial charge >= 0.3 is 11.9 Å². The second-order valence-corrected chi connectivity index (χ2v) is 13.9. The van der Waals surface area contributed by atoms with E-state index in [2.05, 4.69) is 0 Å². The van der Waals surface area contributed by atoms with E-state index in [0.717, 1.165) is 29.2 Å². The van der Waals surface area contributed by atoms with E-state index < -0.39 is 73.4 Å². The first-order valence-corrected chi connectivity index (χ1v) is 19.0. The van der Waals surface area contributed by atoms with Crippen LogP contribution in [0.4, 0.5) is 0 Å². The van der Waals surface area contributed by atoms with Gasteiger partial charge in [0.25, 0.3) is 0 Å². The van der Waals surface area contributed by atoms with Crippen LogP contribution in [0.1, 0.15) is 36.1 Å². The Morgan fingerprint density at radius 1 is 0.491 bits per heavy atom. The normalized spacial score (nSPS) is 27.4. The van der Waals surface area contributed by atoms with E-state index in [-0.39, 0.29) is 33.0 Å². The Morgan fingerprint density at radius 2 is 0.912 bits per heavy atom. The maximum atomic E-state index is 12.2. The molecule has 13 nitrogen and oxygen atoms in total. The number of carbonyl (C=O) groups excluding carboxylic acids is 2. The highest BCUT2D eigenvalue weighted by Gasteiger charge is 2.52. The molecule has 2 N–H and O–H groups in total. The fraction of sp³-hybridized carbons (Fsp3) is 0.409. The van der Waals surface area contributed by atoms with E-state index in [9.17, 15) is 19.8 Å². The molecule has 0 amide bonds. The Morgan fingerprint density at radius 3 is 1.40 bits per heavy atom. The van der Waals surface area contributed by atoms with Crippen molar-refractivity contribution in [2.45, 2.75) is 102 Å². The zero-order valence-electron chi connectivity index (χ0n) is 31.9. The van der Waals surface area contributed by atoms with Crippen LogP contribution in [0.3, 0.4) is 0 Å². The number of aliphatic hydroxyl groups is 2. The third kappa shape index (κ3) is 12.2. The summed E-state index contributed by atoms with van der Waals surface area (Å²) >= 11 is 0. The van der Waals surface area contributed by atoms with Gasteiger partial charge in [-0.15, -0.1) is 0 Å². The molecule has 304 valence electrons. The van der Waals surface area contributed by atoms with Crippen LogP contribution in [-0.4, -0.2) is 96.8 Å². The largest absolute Gasteiger partial charge is 0.456 e. The summed E-state index contributed by atoms with van der Waals surface area (Å²) in [6, 6.07) is 38.8. The molecule has 0 radical (unpaired) electrons. The summed E-state index contributed by atoms with van der Waals surface area (Å²) in [6.07, 6.45) is -11.8. The maximum absolute atomic E-state index is 12.2. The lowest BCUT2D eigenvalue weighted by Crippen LogP contribution is -2.63. The van der Waals surface area contributed by atoms with Gasteiger partial charge in [0.05, 0.1) is 39.6 Å². The Labute approximate surface area is 332 Å². The van der Waals surface area contributed by atoms with Crippen LogP contribution in [0, 0.1) is 0 Å². The summed E-state index contributed by atoms with van der Waals surface area (Å²) in [4.78, 5) is 24.3. The average molecular weight is 787 g/mol. The Kier molecular flexibility index (Phi) is 15.7. The summed E-state index contributed by atoms with van der Waals surface area (Å²) in [6.45, 7) is 2.96. The van der Waals surface area contributed by atoms with Crippen LogP contribution >= 0.6 is 0 Å². The summed E-state index contributed by atoms with van der Waals surface area (Å²) in [7, 11) is 0. The molecule has 0 aromatic heterocycles. The second-order valence-electron chi connectivity index (χ2n) is 13.9. The molecular weight excluding hydrogens is 736 g/mol. The summed E-state index contributed by atoms with van der Waals surface area (Å²) in [5.41, 5.74) is 3.72. The van der Waals surface area contributed by atoms with Crippen LogP contribution in [0.2, 0.25) is 0 Å². The molecule has 0 bridgehead atoms. The number of carbonyl (C=O) groups is 2. The Balaban J connectivity index is 1.32. The minimum atomic E-state index is -1.79. The van der Waals surface area contributed by atoms with E-state index in [0.29, 0.717) is 6.61 Å². The number of esters is 2. The molecule has 4 aromatic carbocycles. The monoisotopic (exact) mass is 786 g/mol. The average Bonchev–Trinajstić information content (AvgIpc) is 3.22. The summed E-state index contributed by atoms with van der Waals surface area (Å²) in [5, 5.41) is 21.4. The first-order chi connectivity index (χ1) is 27.7. The standard InChI is InChI=1S/C44H50O13/c1-29(45)54-39-36(56-43(48)37(47)40(39)55-30(2)46)28-53-44-42(52-26-34-21-13-6-14-22-34)41(51-25-33-19-11-5-12-20-33)38(50-24-32-17-9-4-10-18-32)35(57-44)27-49-23-31-15-7-3-8-16-31/h3-22,35-44,47-48H,23-28H2,1-2H3/t35-,36-,37-,38-,39+,40-,41+,42-,43+,44+/m1/s1. The van der Waals surface area contributed by atoms with Crippen molar-refractivity contribution in [1.82, 2.24) is 0 Å². The van der Waals surface area contributed by atoms with Gasteiger partial charge in [-0.05, 0) is 22.3 Å². The molecule has 2 heterocycles. The lowest BCUT2D eigenvalue weighted by Gasteiger charge is -2.47. The molecule has 0 saturated carbocycles. The minimum Gasteiger partial charge on any atom is -0.456 e. The van der Waals surface area contributed by atoms with Crippen LogP contribution in [-0.2, 0) is 78.6 Å². The molecule has 0 unspecified atom stereocenters. The van der Waals surface area contributed by atoms with E-state index in [1.807, 2.05) is 121 Å². The van der Waals surface area contributed by atoms with Gasteiger partial charge in [-0.25, -0.2) is 0 Å².